The monoisotopic (exact) mass is 591 g/mol. The smallest absolute Gasteiger partial charge is 0.220 e. The maximum atomic E-state index is 14.7. The van der Waals surface area contributed by atoms with E-state index in [1.165, 1.54) is 6.07 Å². The van der Waals surface area contributed by atoms with E-state index in [4.69, 9.17) is 32.4 Å². The van der Waals surface area contributed by atoms with Gasteiger partial charge in [-0.05, 0) is 67.6 Å². The standard InChI is InChI=1S/C31H35ClFN7O2/c1-18-11-19(13-21(33)12-18)24-15-35-31(40-16-23(17-40)36-27(42)3-2-10-41)28(29(24)39-8-6-22(34)7-9-39)30-37-25-5-4-20(32)14-26(25)38-30/h4-5,11-15,22-23,41H,2-3,6-10,16-17,34H2,1H3,(H,36,42)(H,37,38). The molecule has 2 aliphatic rings. The summed E-state index contributed by atoms with van der Waals surface area (Å²) in [5.74, 6) is 1.01. The highest BCUT2D eigenvalue weighted by Gasteiger charge is 2.35. The summed E-state index contributed by atoms with van der Waals surface area (Å²) in [6.45, 7) is 4.52. The average molecular weight is 592 g/mol. The van der Waals surface area contributed by atoms with Gasteiger partial charge in [0.2, 0.25) is 5.91 Å². The Labute approximate surface area is 248 Å². The van der Waals surface area contributed by atoms with Crippen LogP contribution in [0.5, 0.6) is 0 Å². The van der Waals surface area contributed by atoms with E-state index in [0.717, 1.165) is 70.7 Å². The van der Waals surface area contributed by atoms with E-state index in [1.807, 2.05) is 37.4 Å². The van der Waals surface area contributed by atoms with E-state index in [1.54, 1.807) is 6.07 Å². The minimum atomic E-state index is -0.303. The SMILES string of the molecule is Cc1cc(F)cc(-c2cnc(N3CC(NC(=O)CCCO)C3)c(-c3nc4ccc(Cl)cc4[nH]3)c2N2CCC(N)CC2)c1. The van der Waals surface area contributed by atoms with E-state index in [0.29, 0.717) is 36.8 Å². The number of aromatic nitrogens is 3. The number of pyridine rings is 1. The summed E-state index contributed by atoms with van der Waals surface area (Å²) in [7, 11) is 0. The second-order valence-electron chi connectivity index (χ2n) is 11.3. The molecule has 9 nitrogen and oxygen atoms in total. The van der Waals surface area contributed by atoms with Crippen molar-refractivity contribution in [2.75, 3.05) is 42.6 Å². The molecule has 0 spiro atoms. The Morgan fingerprint density at radius 2 is 1.98 bits per heavy atom. The Morgan fingerprint density at radius 1 is 1.19 bits per heavy atom. The van der Waals surface area contributed by atoms with Crippen LogP contribution in [-0.2, 0) is 4.79 Å². The lowest BCUT2D eigenvalue weighted by Gasteiger charge is -2.42. The average Bonchev–Trinajstić information content (AvgIpc) is 3.35. The van der Waals surface area contributed by atoms with Gasteiger partial charge < -0.3 is 30.9 Å². The van der Waals surface area contributed by atoms with Crippen molar-refractivity contribution in [1.29, 1.82) is 0 Å². The van der Waals surface area contributed by atoms with Crippen molar-refractivity contribution in [3.05, 3.63) is 59.0 Å². The molecule has 11 heteroatoms. The molecule has 0 aliphatic carbocycles. The number of carbonyl (C=O) groups excluding carboxylic acids is 1. The third kappa shape index (κ3) is 5.79. The lowest BCUT2D eigenvalue weighted by atomic mass is 9.96. The van der Waals surface area contributed by atoms with Crippen molar-refractivity contribution in [3.8, 4) is 22.5 Å². The number of benzene rings is 2. The first kappa shape index (κ1) is 28.4. The first-order chi connectivity index (χ1) is 20.3. The van der Waals surface area contributed by atoms with Gasteiger partial charge in [0.1, 0.15) is 17.5 Å². The number of hydrogen-bond acceptors (Lipinski definition) is 7. The number of nitrogens with one attached hydrogen (secondary N) is 2. The highest BCUT2D eigenvalue weighted by atomic mass is 35.5. The number of halogens is 2. The van der Waals surface area contributed by atoms with Crippen molar-refractivity contribution in [3.63, 3.8) is 0 Å². The van der Waals surface area contributed by atoms with Crippen LogP contribution in [0.3, 0.4) is 0 Å². The summed E-state index contributed by atoms with van der Waals surface area (Å²) < 4.78 is 14.7. The van der Waals surface area contributed by atoms with Crippen LogP contribution in [0.1, 0.15) is 31.2 Å². The number of hydrogen-bond donors (Lipinski definition) is 4. The number of aliphatic hydroxyl groups is 1. The number of aromatic amines is 1. The first-order valence-corrected chi connectivity index (χ1v) is 14.8. The molecule has 2 aliphatic heterocycles. The number of fused-ring (bicyclic) bond motifs is 1. The predicted molar refractivity (Wildman–Crippen MR) is 164 cm³/mol. The topological polar surface area (TPSA) is 123 Å². The molecule has 6 rings (SSSR count). The molecule has 220 valence electrons. The van der Waals surface area contributed by atoms with Crippen LogP contribution in [-0.4, -0.2) is 70.8 Å². The molecule has 42 heavy (non-hydrogen) atoms. The van der Waals surface area contributed by atoms with Crippen LogP contribution in [0.4, 0.5) is 15.9 Å². The van der Waals surface area contributed by atoms with E-state index < -0.39 is 0 Å². The van der Waals surface area contributed by atoms with Crippen LogP contribution < -0.4 is 20.9 Å². The molecule has 1 amide bonds. The minimum Gasteiger partial charge on any atom is -0.396 e. The van der Waals surface area contributed by atoms with Gasteiger partial charge in [-0.2, -0.15) is 0 Å². The highest BCUT2D eigenvalue weighted by molar-refractivity contribution is 6.31. The van der Waals surface area contributed by atoms with Gasteiger partial charge in [0.25, 0.3) is 0 Å². The van der Waals surface area contributed by atoms with Crippen molar-refractivity contribution < 1.29 is 14.3 Å². The summed E-state index contributed by atoms with van der Waals surface area (Å²) in [5, 5.41) is 12.7. The summed E-state index contributed by atoms with van der Waals surface area (Å²) in [4.78, 5) is 30.1. The van der Waals surface area contributed by atoms with Gasteiger partial charge in [0.05, 0.1) is 28.3 Å². The maximum Gasteiger partial charge on any atom is 0.220 e. The molecule has 2 aromatic heterocycles. The lowest BCUT2D eigenvalue weighted by Crippen LogP contribution is -2.59. The molecule has 2 fully saturated rings. The van der Waals surface area contributed by atoms with Gasteiger partial charge in [-0.1, -0.05) is 17.7 Å². The number of nitrogens with zero attached hydrogens (tertiary/aromatic N) is 4. The highest BCUT2D eigenvalue weighted by Crippen LogP contribution is 2.45. The number of nitrogens with two attached hydrogens (primary N) is 1. The third-order valence-electron chi connectivity index (χ3n) is 8.03. The van der Waals surface area contributed by atoms with Gasteiger partial charge in [0.15, 0.2) is 0 Å². The molecule has 2 aromatic carbocycles. The van der Waals surface area contributed by atoms with E-state index in [9.17, 15) is 9.18 Å². The summed E-state index contributed by atoms with van der Waals surface area (Å²) >= 11 is 6.31. The van der Waals surface area contributed by atoms with E-state index in [-0.39, 0.29) is 30.4 Å². The number of imidazole rings is 1. The van der Waals surface area contributed by atoms with Gasteiger partial charge in [-0.3, -0.25) is 4.79 Å². The molecule has 0 bridgehead atoms. The molecular formula is C31H35ClFN7O2. The lowest BCUT2D eigenvalue weighted by molar-refractivity contribution is -0.122. The van der Waals surface area contributed by atoms with Gasteiger partial charge in [0, 0.05) is 62.0 Å². The number of carbonyl (C=O) groups is 1. The summed E-state index contributed by atoms with van der Waals surface area (Å²) in [6, 6.07) is 10.7. The summed E-state index contributed by atoms with van der Waals surface area (Å²) in [6.07, 6.45) is 4.22. The van der Waals surface area contributed by atoms with Crippen molar-refractivity contribution >= 4 is 40.0 Å². The van der Waals surface area contributed by atoms with Crippen LogP contribution in [0.2, 0.25) is 5.02 Å². The number of amides is 1. The third-order valence-corrected chi connectivity index (χ3v) is 8.26. The normalized spacial score (nSPS) is 16.2. The molecule has 4 heterocycles. The van der Waals surface area contributed by atoms with Crippen LogP contribution in [0.15, 0.2) is 42.6 Å². The Kier molecular flexibility index (Phi) is 8.02. The van der Waals surface area contributed by atoms with Crippen LogP contribution in [0.25, 0.3) is 33.5 Å². The Bertz CT molecular complexity index is 1590. The fourth-order valence-corrected chi connectivity index (χ4v) is 6.06. The summed E-state index contributed by atoms with van der Waals surface area (Å²) in [5.41, 5.74) is 12.0. The quantitative estimate of drug-likeness (QED) is 0.239. The van der Waals surface area contributed by atoms with Crippen LogP contribution in [0, 0.1) is 12.7 Å². The number of anilines is 2. The Morgan fingerprint density at radius 3 is 2.71 bits per heavy atom. The van der Waals surface area contributed by atoms with E-state index >= 15 is 0 Å². The number of rotatable bonds is 8. The fourth-order valence-electron chi connectivity index (χ4n) is 5.89. The molecule has 0 atom stereocenters. The molecule has 5 N–H and O–H groups in total. The second kappa shape index (κ2) is 11.9. The second-order valence-corrected chi connectivity index (χ2v) is 11.7. The van der Waals surface area contributed by atoms with Crippen molar-refractivity contribution in [1.82, 2.24) is 20.3 Å². The molecular weight excluding hydrogens is 557 g/mol. The largest absolute Gasteiger partial charge is 0.396 e. The van der Waals surface area contributed by atoms with E-state index in [2.05, 4.69) is 20.1 Å². The molecule has 0 saturated carbocycles. The zero-order valence-electron chi connectivity index (χ0n) is 23.5. The predicted octanol–water partition coefficient (Wildman–Crippen LogP) is 4.40. The van der Waals surface area contributed by atoms with Crippen molar-refractivity contribution in [2.24, 2.45) is 5.73 Å². The van der Waals surface area contributed by atoms with Gasteiger partial charge in [-0.25, -0.2) is 14.4 Å². The molecule has 0 unspecified atom stereocenters. The maximum absolute atomic E-state index is 14.7. The number of aliphatic hydroxyl groups excluding tert-OH is 1. The van der Waals surface area contributed by atoms with Crippen molar-refractivity contribution in [2.45, 2.75) is 44.7 Å². The Balaban J connectivity index is 1.48. The number of piperidine rings is 1. The number of H-pyrrole nitrogens is 1. The van der Waals surface area contributed by atoms with Crippen LogP contribution >= 0.6 is 11.6 Å². The van der Waals surface area contributed by atoms with Gasteiger partial charge in [-0.15, -0.1) is 0 Å². The fraction of sp³-hybridized carbons (Fsp3) is 0.387. The zero-order chi connectivity index (χ0) is 29.4. The minimum absolute atomic E-state index is 0.0123. The van der Waals surface area contributed by atoms with Gasteiger partial charge >= 0.3 is 0 Å². The Hall–Kier alpha value is -3.73. The zero-order valence-corrected chi connectivity index (χ0v) is 24.3. The molecule has 0 radical (unpaired) electrons. The first-order valence-electron chi connectivity index (χ1n) is 14.4. The number of aryl methyl sites for hydroxylation is 1. The molecule has 4 aromatic rings. The molecule has 2 saturated heterocycles.